The van der Waals surface area contributed by atoms with Crippen molar-refractivity contribution < 1.29 is 18.7 Å². The minimum absolute atomic E-state index is 0.0741. The number of hydrogen-bond donors (Lipinski definition) is 2. The highest BCUT2D eigenvalue weighted by atomic mass is 19.1. The number of amides is 1. The van der Waals surface area contributed by atoms with Crippen molar-refractivity contribution in [2.75, 3.05) is 12.4 Å². The third kappa shape index (κ3) is 3.86. The van der Waals surface area contributed by atoms with E-state index >= 15 is 0 Å². The van der Waals surface area contributed by atoms with Gasteiger partial charge >= 0.3 is 5.97 Å². The molecule has 0 saturated carbocycles. The Balaban J connectivity index is 1.75. The Kier molecular flexibility index (Phi) is 5.19. The number of esters is 1. The number of halogens is 1. The number of methoxy groups -OCH3 is 1. The first kappa shape index (κ1) is 19.8. The summed E-state index contributed by atoms with van der Waals surface area (Å²) >= 11 is 0. The molecule has 0 fully saturated rings. The van der Waals surface area contributed by atoms with Gasteiger partial charge in [-0.2, -0.15) is 5.10 Å². The molecule has 0 aliphatic heterocycles. The third-order valence-corrected chi connectivity index (χ3v) is 4.48. The van der Waals surface area contributed by atoms with Gasteiger partial charge in [0.05, 0.1) is 24.6 Å². The number of aromatic nitrogens is 4. The molecule has 0 unspecified atom stereocenters. The van der Waals surface area contributed by atoms with Crippen molar-refractivity contribution in [3.8, 4) is 11.5 Å². The average Bonchev–Trinajstić information content (AvgIpc) is 3.45. The van der Waals surface area contributed by atoms with Gasteiger partial charge in [0.25, 0.3) is 11.5 Å². The highest BCUT2D eigenvalue weighted by molar-refractivity contribution is 6.06. The molecule has 0 aliphatic rings. The quantitative estimate of drug-likeness (QED) is 0.481. The first-order valence-corrected chi connectivity index (χ1v) is 9.07. The van der Waals surface area contributed by atoms with E-state index in [9.17, 15) is 18.8 Å². The van der Waals surface area contributed by atoms with Gasteiger partial charge in [0.15, 0.2) is 5.82 Å². The average molecular weight is 421 g/mol. The highest BCUT2D eigenvalue weighted by Crippen LogP contribution is 2.21. The summed E-state index contributed by atoms with van der Waals surface area (Å²) in [4.78, 5) is 39.3. The maximum Gasteiger partial charge on any atom is 0.339 e. The number of pyridine rings is 1. The van der Waals surface area contributed by atoms with Crippen LogP contribution in [0.5, 0.6) is 0 Å². The van der Waals surface area contributed by atoms with Gasteiger partial charge in [-0.25, -0.2) is 13.9 Å². The van der Waals surface area contributed by atoms with Crippen LogP contribution in [0.15, 0.2) is 72.0 Å². The Labute approximate surface area is 174 Å². The number of rotatable bonds is 5. The Bertz CT molecular complexity index is 1310. The number of ether oxygens (including phenoxy) is 1. The molecule has 0 radical (unpaired) electrons. The van der Waals surface area contributed by atoms with Crippen LogP contribution < -0.4 is 10.9 Å². The van der Waals surface area contributed by atoms with Crippen LogP contribution in [0.1, 0.15) is 20.7 Å². The molecule has 4 aromatic rings. The Morgan fingerprint density at radius 2 is 1.87 bits per heavy atom. The molecule has 31 heavy (non-hydrogen) atoms. The first-order chi connectivity index (χ1) is 15.0. The molecule has 10 heteroatoms. The van der Waals surface area contributed by atoms with Crippen LogP contribution in [-0.2, 0) is 4.74 Å². The summed E-state index contributed by atoms with van der Waals surface area (Å²) in [6.07, 6.45) is 5.98. The van der Waals surface area contributed by atoms with E-state index in [0.717, 1.165) is 0 Å². The molecule has 0 saturated heterocycles. The van der Waals surface area contributed by atoms with Crippen molar-refractivity contribution in [2.45, 2.75) is 0 Å². The van der Waals surface area contributed by atoms with Crippen LogP contribution in [0.4, 0.5) is 10.1 Å². The van der Waals surface area contributed by atoms with Crippen molar-refractivity contribution in [3.05, 3.63) is 94.5 Å². The standard InChI is InChI=1S/C21H16FN5O4/c1-31-21(30)13-10-17(19(29)23-11-13)25-18(28)16-12-24-27(15-6-4-14(22)5-7-15)20(16)26-8-2-3-9-26/h2-12H,1H3,(H,23,29)(H,25,28). The summed E-state index contributed by atoms with van der Waals surface area (Å²) in [6, 6.07) is 10.4. The minimum Gasteiger partial charge on any atom is -0.465 e. The van der Waals surface area contributed by atoms with Gasteiger partial charge < -0.3 is 19.6 Å². The van der Waals surface area contributed by atoms with Gasteiger partial charge in [0.2, 0.25) is 0 Å². The fourth-order valence-corrected chi connectivity index (χ4v) is 3.00. The van der Waals surface area contributed by atoms with Crippen molar-refractivity contribution >= 4 is 17.6 Å². The number of anilines is 1. The lowest BCUT2D eigenvalue weighted by atomic mass is 10.2. The van der Waals surface area contributed by atoms with E-state index in [1.54, 1.807) is 29.1 Å². The van der Waals surface area contributed by atoms with Crippen molar-refractivity contribution in [3.63, 3.8) is 0 Å². The van der Waals surface area contributed by atoms with Gasteiger partial charge in [0, 0.05) is 18.6 Å². The number of aromatic amines is 1. The molecule has 1 amide bonds. The normalized spacial score (nSPS) is 10.6. The Morgan fingerprint density at radius 3 is 2.55 bits per heavy atom. The number of carbonyl (C=O) groups is 2. The fraction of sp³-hybridized carbons (Fsp3) is 0.0476. The summed E-state index contributed by atoms with van der Waals surface area (Å²) in [5, 5.41) is 6.77. The van der Waals surface area contributed by atoms with E-state index < -0.39 is 23.3 Å². The van der Waals surface area contributed by atoms with Gasteiger partial charge in [-0.1, -0.05) is 0 Å². The van der Waals surface area contributed by atoms with Crippen LogP contribution in [0.25, 0.3) is 11.5 Å². The monoisotopic (exact) mass is 421 g/mol. The molecule has 4 rings (SSSR count). The molecule has 0 atom stereocenters. The minimum atomic E-state index is -0.663. The van der Waals surface area contributed by atoms with E-state index in [4.69, 9.17) is 0 Å². The second kappa shape index (κ2) is 8.11. The van der Waals surface area contributed by atoms with Gasteiger partial charge in [-0.05, 0) is 42.5 Å². The molecule has 0 bridgehead atoms. The largest absolute Gasteiger partial charge is 0.465 e. The van der Waals surface area contributed by atoms with Crippen molar-refractivity contribution in [1.29, 1.82) is 0 Å². The maximum absolute atomic E-state index is 13.3. The molecule has 1 aromatic carbocycles. The second-order valence-electron chi connectivity index (χ2n) is 6.44. The van der Waals surface area contributed by atoms with Crippen LogP contribution >= 0.6 is 0 Å². The van der Waals surface area contributed by atoms with E-state index in [0.29, 0.717) is 11.5 Å². The zero-order valence-electron chi connectivity index (χ0n) is 16.2. The summed E-state index contributed by atoms with van der Waals surface area (Å²) < 4.78 is 21.1. The third-order valence-electron chi connectivity index (χ3n) is 4.48. The van der Waals surface area contributed by atoms with E-state index in [-0.39, 0.29) is 16.8 Å². The smallest absolute Gasteiger partial charge is 0.339 e. The Hall–Kier alpha value is -4.47. The zero-order chi connectivity index (χ0) is 22.0. The van der Waals surface area contributed by atoms with Crippen LogP contribution in [0.2, 0.25) is 0 Å². The predicted molar refractivity (Wildman–Crippen MR) is 109 cm³/mol. The number of H-pyrrole nitrogens is 1. The van der Waals surface area contributed by atoms with Gasteiger partial charge in [0.1, 0.15) is 17.1 Å². The first-order valence-electron chi connectivity index (χ1n) is 9.07. The molecule has 2 N–H and O–H groups in total. The predicted octanol–water partition coefficient (Wildman–Crippen LogP) is 2.53. The second-order valence-corrected chi connectivity index (χ2v) is 6.44. The number of hydrogen-bond acceptors (Lipinski definition) is 5. The molecule has 0 aliphatic carbocycles. The van der Waals surface area contributed by atoms with Gasteiger partial charge in [-0.15, -0.1) is 0 Å². The fourth-order valence-electron chi connectivity index (χ4n) is 3.00. The molecule has 3 heterocycles. The topological polar surface area (TPSA) is 111 Å². The van der Waals surface area contributed by atoms with Crippen LogP contribution in [0.3, 0.4) is 0 Å². The lowest BCUT2D eigenvalue weighted by molar-refractivity contribution is 0.0600. The molecule has 156 valence electrons. The molecule has 9 nitrogen and oxygen atoms in total. The molecular formula is C21H16FN5O4. The van der Waals surface area contributed by atoms with Crippen molar-refractivity contribution in [2.24, 2.45) is 0 Å². The SMILES string of the molecule is COC(=O)c1c[nH]c(=O)c(NC(=O)c2cnn(-c3ccc(F)cc3)c2-n2cccc2)c1. The number of nitrogens with zero attached hydrogens (tertiary/aromatic N) is 3. The summed E-state index contributed by atoms with van der Waals surface area (Å²) in [6.45, 7) is 0. The highest BCUT2D eigenvalue weighted by Gasteiger charge is 2.21. The number of carbonyl (C=O) groups excluding carboxylic acids is 2. The van der Waals surface area contributed by atoms with E-state index in [1.165, 1.54) is 54.5 Å². The lowest BCUT2D eigenvalue weighted by Gasteiger charge is -2.11. The molecule has 0 spiro atoms. The number of nitrogens with one attached hydrogen (secondary N) is 2. The van der Waals surface area contributed by atoms with E-state index in [2.05, 4.69) is 20.1 Å². The molecular weight excluding hydrogens is 405 g/mol. The van der Waals surface area contributed by atoms with E-state index in [1.807, 2.05) is 0 Å². The number of benzene rings is 1. The summed E-state index contributed by atoms with van der Waals surface area (Å²) in [5.41, 5.74) is 0.0541. The maximum atomic E-state index is 13.3. The van der Waals surface area contributed by atoms with Crippen molar-refractivity contribution in [1.82, 2.24) is 19.3 Å². The molecule has 3 aromatic heterocycles. The summed E-state index contributed by atoms with van der Waals surface area (Å²) in [7, 11) is 1.21. The zero-order valence-corrected chi connectivity index (χ0v) is 16.2. The van der Waals surface area contributed by atoms with Gasteiger partial charge in [-0.3, -0.25) is 9.59 Å². The lowest BCUT2D eigenvalue weighted by Crippen LogP contribution is -2.22. The van der Waals surface area contributed by atoms with Crippen LogP contribution in [0, 0.1) is 5.82 Å². The Morgan fingerprint density at radius 1 is 1.16 bits per heavy atom. The summed E-state index contributed by atoms with van der Waals surface area (Å²) in [5.74, 6) is -1.30. The van der Waals surface area contributed by atoms with Crippen LogP contribution in [-0.4, -0.2) is 38.3 Å².